The first-order valence-corrected chi connectivity index (χ1v) is 8.44. The minimum Gasteiger partial charge on any atom is -0.310 e. The smallest absolute Gasteiger partial charge is 0.107 e. The Balaban J connectivity index is 1.34. The van der Waals surface area contributed by atoms with Gasteiger partial charge in [0.25, 0.3) is 0 Å². The lowest BCUT2D eigenvalue weighted by Crippen LogP contribution is -2.24. The van der Waals surface area contributed by atoms with Crippen molar-refractivity contribution in [1.29, 1.82) is 0 Å². The van der Waals surface area contributed by atoms with Crippen molar-refractivity contribution in [2.75, 3.05) is 6.54 Å². The predicted molar refractivity (Wildman–Crippen MR) is 83.6 cm³/mol. The van der Waals surface area contributed by atoms with Crippen LogP contribution in [-0.4, -0.2) is 11.5 Å². The van der Waals surface area contributed by atoms with E-state index in [0.29, 0.717) is 5.41 Å². The highest BCUT2D eigenvalue weighted by Gasteiger charge is 2.53. The van der Waals surface area contributed by atoms with Crippen LogP contribution in [0.2, 0.25) is 0 Å². The van der Waals surface area contributed by atoms with Crippen LogP contribution < -0.4 is 5.32 Å². The highest BCUT2D eigenvalue weighted by molar-refractivity contribution is 7.09. The summed E-state index contributed by atoms with van der Waals surface area (Å²) in [6.45, 7) is 2.11. The fraction of sp³-hybridized carbons (Fsp3) is 0.471. The molecule has 104 valence electrons. The van der Waals surface area contributed by atoms with Gasteiger partial charge in [-0.25, -0.2) is 4.98 Å². The first-order valence-electron chi connectivity index (χ1n) is 7.56. The van der Waals surface area contributed by atoms with E-state index in [2.05, 4.69) is 35.0 Å². The first-order chi connectivity index (χ1) is 9.86. The topological polar surface area (TPSA) is 24.9 Å². The van der Waals surface area contributed by atoms with Gasteiger partial charge in [0.1, 0.15) is 5.01 Å². The number of nitrogens with one attached hydrogen (secondary N) is 1. The summed E-state index contributed by atoms with van der Waals surface area (Å²) in [6.07, 6.45) is 5.82. The standard InChI is InChI=1S/C17H20N2S/c1-2-4-13(5-3-1)15-11-20-16(19-15)10-18-12-17(8-9-17)14-6-7-14/h1-5,11,14,18H,6-10,12H2. The minimum atomic E-state index is 0.680. The van der Waals surface area contributed by atoms with E-state index in [9.17, 15) is 0 Å². The zero-order valence-corrected chi connectivity index (χ0v) is 12.5. The molecule has 2 fully saturated rings. The monoisotopic (exact) mass is 284 g/mol. The molecule has 2 aromatic rings. The molecule has 0 spiro atoms. The molecule has 0 amide bonds. The summed E-state index contributed by atoms with van der Waals surface area (Å²) in [6, 6.07) is 10.4. The molecular weight excluding hydrogens is 264 g/mol. The Morgan fingerprint density at radius 3 is 2.70 bits per heavy atom. The van der Waals surface area contributed by atoms with E-state index < -0.39 is 0 Å². The van der Waals surface area contributed by atoms with Gasteiger partial charge in [0.2, 0.25) is 0 Å². The van der Waals surface area contributed by atoms with Gasteiger partial charge in [0.05, 0.1) is 5.69 Å². The second-order valence-electron chi connectivity index (χ2n) is 6.23. The number of benzene rings is 1. The van der Waals surface area contributed by atoms with Crippen LogP contribution in [0.5, 0.6) is 0 Å². The summed E-state index contributed by atoms with van der Waals surface area (Å²) >= 11 is 1.77. The quantitative estimate of drug-likeness (QED) is 0.864. The van der Waals surface area contributed by atoms with E-state index in [1.165, 1.54) is 42.8 Å². The molecule has 0 saturated heterocycles. The van der Waals surface area contributed by atoms with E-state index >= 15 is 0 Å². The van der Waals surface area contributed by atoms with Crippen molar-refractivity contribution in [2.24, 2.45) is 11.3 Å². The molecule has 2 nitrogen and oxygen atoms in total. The molecule has 0 aliphatic heterocycles. The fourth-order valence-corrected chi connectivity index (χ4v) is 3.91. The summed E-state index contributed by atoms with van der Waals surface area (Å²) in [7, 11) is 0. The number of hydrogen-bond acceptors (Lipinski definition) is 3. The van der Waals surface area contributed by atoms with Crippen molar-refractivity contribution in [1.82, 2.24) is 10.3 Å². The summed E-state index contributed by atoms with van der Waals surface area (Å²) in [4.78, 5) is 4.74. The zero-order chi connectivity index (χ0) is 13.4. The van der Waals surface area contributed by atoms with Crippen LogP contribution in [0.3, 0.4) is 0 Å². The highest BCUT2D eigenvalue weighted by Crippen LogP contribution is 2.60. The molecule has 0 unspecified atom stereocenters. The van der Waals surface area contributed by atoms with Crippen LogP contribution in [0.25, 0.3) is 11.3 Å². The van der Waals surface area contributed by atoms with Crippen molar-refractivity contribution >= 4 is 11.3 Å². The fourth-order valence-electron chi connectivity index (χ4n) is 3.14. The van der Waals surface area contributed by atoms with Crippen LogP contribution >= 0.6 is 11.3 Å². The number of nitrogens with zero attached hydrogens (tertiary/aromatic N) is 1. The second kappa shape index (κ2) is 4.97. The maximum Gasteiger partial charge on any atom is 0.107 e. The van der Waals surface area contributed by atoms with E-state index in [4.69, 9.17) is 4.98 Å². The Morgan fingerprint density at radius 1 is 1.20 bits per heavy atom. The molecule has 2 aliphatic rings. The third-order valence-electron chi connectivity index (χ3n) is 4.71. The molecule has 1 aromatic heterocycles. The molecular formula is C17H20N2S. The highest BCUT2D eigenvalue weighted by atomic mass is 32.1. The van der Waals surface area contributed by atoms with Crippen molar-refractivity contribution in [2.45, 2.75) is 32.2 Å². The number of hydrogen-bond donors (Lipinski definition) is 1. The minimum absolute atomic E-state index is 0.680. The molecule has 0 bridgehead atoms. The molecule has 2 saturated carbocycles. The Hall–Kier alpha value is -1.19. The van der Waals surface area contributed by atoms with E-state index in [0.717, 1.165) is 18.2 Å². The van der Waals surface area contributed by atoms with Crippen LogP contribution in [0.4, 0.5) is 0 Å². The van der Waals surface area contributed by atoms with Gasteiger partial charge in [-0.1, -0.05) is 30.3 Å². The molecule has 0 radical (unpaired) electrons. The normalized spacial score (nSPS) is 20.0. The Kier molecular flexibility index (Phi) is 3.12. The van der Waals surface area contributed by atoms with Gasteiger partial charge in [0, 0.05) is 24.0 Å². The van der Waals surface area contributed by atoms with Gasteiger partial charge in [-0.3, -0.25) is 0 Å². The summed E-state index contributed by atoms with van der Waals surface area (Å²) in [5.74, 6) is 1.03. The van der Waals surface area contributed by atoms with Gasteiger partial charge in [0.15, 0.2) is 0 Å². The average molecular weight is 284 g/mol. The van der Waals surface area contributed by atoms with Crippen molar-refractivity contribution in [3.05, 3.63) is 40.7 Å². The predicted octanol–water partition coefficient (Wildman–Crippen LogP) is 4.09. The van der Waals surface area contributed by atoms with Gasteiger partial charge < -0.3 is 5.32 Å². The van der Waals surface area contributed by atoms with Gasteiger partial charge in [-0.2, -0.15) is 0 Å². The lowest BCUT2D eigenvalue weighted by molar-refractivity contribution is 0.403. The second-order valence-corrected chi connectivity index (χ2v) is 7.18. The third-order valence-corrected chi connectivity index (χ3v) is 5.56. The molecule has 2 aliphatic carbocycles. The lowest BCUT2D eigenvalue weighted by Gasteiger charge is -2.13. The van der Waals surface area contributed by atoms with Gasteiger partial charge >= 0.3 is 0 Å². The maximum absolute atomic E-state index is 4.74. The van der Waals surface area contributed by atoms with Gasteiger partial charge in [-0.05, 0) is 37.0 Å². The number of aromatic nitrogens is 1. The SMILES string of the molecule is c1ccc(-c2csc(CNCC3(C4CC4)CC3)n2)cc1. The van der Waals surface area contributed by atoms with E-state index in [-0.39, 0.29) is 0 Å². The Bertz CT molecular complexity index is 582. The molecule has 20 heavy (non-hydrogen) atoms. The summed E-state index contributed by atoms with van der Waals surface area (Å²) in [5.41, 5.74) is 3.00. The first kappa shape index (κ1) is 12.5. The molecule has 4 rings (SSSR count). The lowest BCUT2D eigenvalue weighted by atomic mass is 10.0. The molecule has 0 atom stereocenters. The van der Waals surface area contributed by atoms with Crippen molar-refractivity contribution < 1.29 is 0 Å². The summed E-state index contributed by atoms with van der Waals surface area (Å²) < 4.78 is 0. The maximum atomic E-state index is 4.74. The Labute approximate surface area is 124 Å². The largest absolute Gasteiger partial charge is 0.310 e. The van der Waals surface area contributed by atoms with E-state index in [1.54, 1.807) is 11.3 Å². The molecule has 3 heteroatoms. The number of rotatable bonds is 6. The zero-order valence-electron chi connectivity index (χ0n) is 11.6. The van der Waals surface area contributed by atoms with Crippen molar-refractivity contribution in [3.8, 4) is 11.3 Å². The van der Waals surface area contributed by atoms with Crippen LogP contribution in [0, 0.1) is 11.3 Å². The Morgan fingerprint density at radius 2 is 2.00 bits per heavy atom. The average Bonchev–Trinajstić information content (AvgIpc) is 3.39. The third kappa shape index (κ3) is 2.52. The molecule has 1 N–H and O–H groups in total. The molecule has 1 aromatic carbocycles. The summed E-state index contributed by atoms with van der Waals surface area (Å²) in [5, 5.41) is 7.01. The van der Waals surface area contributed by atoms with Crippen LogP contribution in [0.1, 0.15) is 30.7 Å². The van der Waals surface area contributed by atoms with Crippen LogP contribution in [-0.2, 0) is 6.54 Å². The van der Waals surface area contributed by atoms with Crippen LogP contribution in [0.15, 0.2) is 35.7 Å². The number of thiazole rings is 1. The molecule has 1 heterocycles. The van der Waals surface area contributed by atoms with Gasteiger partial charge in [-0.15, -0.1) is 11.3 Å². The van der Waals surface area contributed by atoms with E-state index in [1.807, 2.05) is 6.07 Å². The van der Waals surface area contributed by atoms with Crippen molar-refractivity contribution in [3.63, 3.8) is 0 Å².